The van der Waals surface area contributed by atoms with Crippen molar-refractivity contribution in [2.24, 2.45) is 0 Å². The van der Waals surface area contributed by atoms with Crippen LogP contribution in [0.5, 0.6) is 0 Å². The van der Waals surface area contributed by atoms with Crippen LogP contribution in [-0.2, 0) is 4.74 Å². The summed E-state index contributed by atoms with van der Waals surface area (Å²) in [5.41, 5.74) is 7.01. The third-order valence-electron chi connectivity index (χ3n) is 2.37. The lowest BCUT2D eigenvalue weighted by atomic mass is 10.1. The van der Waals surface area contributed by atoms with Gasteiger partial charge >= 0.3 is 5.97 Å². The van der Waals surface area contributed by atoms with E-state index in [1.54, 1.807) is 12.1 Å². The molecule has 0 fully saturated rings. The van der Waals surface area contributed by atoms with Gasteiger partial charge in [-0.15, -0.1) is 0 Å². The van der Waals surface area contributed by atoms with Crippen LogP contribution in [0.15, 0.2) is 22.8 Å². The molecule has 0 aliphatic rings. The lowest BCUT2D eigenvalue weighted by molar-refractivity contribution is 0.0601. The second-order valence-electron chi connectivity index (χ2n) is 3.33. The summed E-state index contributed by atoms with van der Waals surface area (Å²) in [6, 6.07) is 3.46. The van der Waals surface area contributed by atoms with E-state index < -0.39 is 5.97 Å². The third-order valence-corrected chi connectivity index (χ3v) is 3.33. The molecule has 0 atom stereocenters. The Kier molecular flexibility index (Phi) is 3.22. The zero-order valence-corrected chi connectivity index (χ0v) is 11.2. The maximum absolute atomic E-state index is 11.5. The topological polar surface area (TPSA) is 65.2 Å². The van der Waals surface area contributed by atoms with E-state index in [1.807, 2.05) is 0 Å². The SMILES string of the molecule is COC(=O)c1cnc2c(Cl)ccc(Br)c2c1N. The standard InChI is InChI=1S/C11H8BrClN2O2/c1-17-11(16)5-4-15-10-7(13)3-2-6(12)8(10)9(5)14/h2-4H,1H3,(H2,14,15). The second kappa shape index (κ2) is 4.50. The number of aromatic nitrogens is 1. The fourth-order valence-corrected chi connectivity index (χ4v) is 2.27. The number of halogens is 2. The quantitative estimate of drug-likeness (QED) is 0.822. The Hall–Kier alpha value is -1.33. The Labute approximate surface area is 111 Å². The zero-order chi connectivity index (χ0) is 12.6. The molecule has 1 aromatic carbocycles. The summed E-state index contributed by atoms with van der Waals surface area (Å²) in [6.45, 7) is 0. The average Bonchev–Trinajstić information content (AvgIpc) is 2.33. The van der Waals surface area contributed by atoms with E-state index in [0.717, 1.165) is 4.47 Å². The summed E-state index contributed by atoms with van der Waals surface area (Å²) in [5.74, 6) is -0.524. The molecule has 0 aliphatic heterocycles. The average molecular weight is 316 g/mol. The van der Waals surface area contributed by atoms with Crippen molar-refractivity contribution in [2.45, 2.75) is 0 Å². The van der Waals surface area contributed by atoms with Crippen LogP contribution in [0.4, 0.5) is 5.69 Å². The number of fused-ring (bicyclic) bond motifs is 1. The second-order valence-corrected chi connectivity index (χ2v) is 4.59. The monoisotopic (exact) mass is 314 g/mol. The first-order valence-corrected chi connectivity index (χ1v) is 5.84. The number of nitrogens with two attached hydrogens (primary N) is 1. The van der Waals surface area contributed by atoms with Gasteiger partial charge in [-0.25, -0.2) is 4.79 Å². The van der Waals surface area contributed by atoms with Crippen molar-refractivity contribution in [2.75, 3.05) is 12.8 Å². The minimum Gasteiger partial charge on any atom is -0.465 e. The number of rotatable bonds is 1. The van der Waals surface area contributed by atoms with E-state index in [9.17, 15) is 4.79 Å². The van der Waals surface area contributed by atoms with Crippen molar-refractivity contribution in [1.82, 2.24) is 4.98 Å². The van der Waals surface area contributed by atoms with Crippen LogP contribution in [-0.4, -0.2) is 18.1 Å². The number of carbonyl (C=O) groups excluding carboxylic acids is 1. The molecule has 2 rings (SSSR count). The summed E-state index contributed by atoms with van der Waals surface area (Å²) in [5, 5.41) is 1.09. The largest absolute Gasteiger partial charge is 0.465 e. The molecule has 0 spiro atoms. The van der Waals surface area contributed by atoms with Crippen molar-refractivity contribution in [3.8, 4) is 0 Å². The van der Waals surface area contributed by atoms with Gasteiger partial charge in [-0.1, -0.05) is 27.5 Å². The number of methoxy groups -OCH3 is 1. The minimum absolute atomic E-state index is 0.225. The van der Waals surface area contributed by atoms with Gasteiger partial charge in [0, 0.05) is 16.1 Å². The summed E-state index contributed by atoms with van der Waals surface area (Å²) >= 11 is 9.37. The molecule has 0 saturated heterocycles. The summed E-state index contributed by atoms with van der Waals surface area (Å²) in [4.78, 5) is 15.6. The minimum atomic E-state index is -0.524. The van der Waals surface area contributed by atoms with Crippen molar-refractivity contribution >= 4 is 50.1 Å². The van der Waals surface area contributed by atoms with Crippen LogP contribution in [0.1, 0.15) is 10.4 Å². The van der Waals surface area contributed by atoms with Gasteiger partial charge in [0.25, 0.3) is 0 Å². The van der Waals surface area contributed by atoms with E-state index in [2.05, 4.69) is 25.7 Å². The van der Waals surface area contributed by atoms with E-state index >= 15 is 0 Å². The molecule has 88 valence electrons. The number of benzene rings is 1. The molecule has 0 aliphatic carbocycles. The predicted octanol–water partition coefficient (Wildman–Crippen LogP) is 3.02. The number of nitrogen functional groups attached to an aromatic ring is 1. The molecule has 17 heavy (non-hydrogen) atoms. The highest BCUT2D eigenvalue weighted by atomic mass is 79.9. The maximum Gasteiger partial charge on any atom is 0.341 e. The molecule has 0 amide bonds. The van der Waals surface area contributed by atoms with Crippen molar-refractivity contribution in [3.05, 3.63) is 33.4 Å². The van der Waals surface area contributed by atoms with Crippen molar-refractivity contribution in [1.29, 1.82) is 0 Å². The third kappa shape index (κ3) is 1.96. The smallest absolute Gasteiger partial charge is 0.341 e. The molecular weight excluding hydrogens is 307 g/mol. The number of pyridine rings is 1. The molecule has 0 bridgehead atoms. The van der Waals surface area contributed by atoms with Gasteiger partial charge in [0.2, 0.25) is 0 Å². The first kappa shape index (κ1) is 12.1. The first-order valence-electron chi connectivity index (χ1n) is 4.66. The molecule has 2 aromatic rings. The van der Waals surface area contributed by atoms with Crippen LogP contribution in [0.25, 0.3) is 10.9 Å². The number of esters is 1. The molecule has 2 N–H and O–H groups in total. The number of anilines is 1. The fourth-order valence-electron chi connectivity index (χ4n) is 1.53. The lowest BCUT2D eigenvalue weighted by Gasteiger charge is -2.09. The molecule has 6 heteroatoms. The Balaban J connectivity index is 2.84. The number of nitrogens with zero attached hydrogens (tertiary/aromatic N) is 1. The molecule has 0 unspecified atom stereocenters. The highest BCUT2D eigenvalue weighted by Crippen LogP contribution is 2.34. The first-order chi connectivity index (χ1) is 8.06. The number of ether oxygens (including phenoxy) is 1. The normalized spacial score (nSPS) is 10.5. The fraction of sp³-hybridized carbons (Fsp3) is 0.0909. The van der Waals surface area contributed by atoms with Gasteiger partial charge in [0.05, 0.1) is 23.3 Å². The Morgan fingerprint density at radius 1 is 1.53 bits per heavy atom. The molecular formula is C11H8BrClN2O2. The highest BCUT2D eigenvalue weighted by molar-refractivity contribution is 9.10. The van der Waals surface area contributed by atoms with E-state index in [4.69, 9.17) is 17.3 Å². The van der Waals surface area contributed by atoms with E-state index in [-0.39, 0.29) is 5.56 Å². The lowest BCUT2D eigenvalue weighted by Crippen LogP contribution is -2.07. The Bertz CT molecular complexity index is 616. The summed E-state index contributed by atoms with van der Waals surface area (Å²) in [6.07, 6.45) is 1.36. The van der Waals surface area contributed by atoms with Gasteiger partial charge in [0.15, 0.2) is 0 Å². The zero-order valence-electron chi connectivity index (χ0n) is 8.83. The van der Waals surface area contributed by atoms with Crippen LogP contribution in [0.3, 0.4) is 0 Å². The van der Waals surface area contributed by atoms with E-state index in [0.29, 0.717) is 21.6 Å². The summed E-state index contributed by atoms with van der Waals surface area (Å²) < 4.78 is 5.36. The number of carbonyl (C=O) groups is 1. The van der Waals surface area contributed by atoms with Gasteiger partial charge in [0.1, 0.15) is 5.56 Å². The molecule has 4 nitrogen and oxygen atoms in total. The Morgan fingerprint density at radius 3 is 2.88 bits per heavy atom. The van der Waals surface area contributed by atoms with Gasteiger partial charge in [-0.3, -0.25) is 4.98 Å². The summed E-state index contributed by atoms with van der Waals surface area (Å²) in [7, 11) is 1.29. The van der Waals surface area contributed by atoms with E-state index in [1.165, 1.54) is 13.3 Å². The number of hydrogen-bond acceptors (Lipinski definition) is 4. The van der Waals surface area contributed by atoms with Crippen LogP contribution in [0.2, 0.25) is 5.02 Å². The van der Waals surface area contributed by atoms with Gasteiger partial charge in [-0.2, -0.15) is 0 Å². The maximum atomic E-state index is 11.5. The van der Waals surface area contributed by atoms with Crippen molar-refractivity contribution < 1.29 is 9.53 Å². The molecule has 0 saturated carbocycles. The van der Waals surface area contributed by atoms with Crippen LogP contribution >= 0.6 is 27.5 Å². The highest BCUT2D eigenvalue weighted by Gasteiger charge is 2.16. The van der Waals surface area contributed by atoms with Crippen LogP contribution < -0.4 is 5.73 Å². The van der Waals surface area contributed by atoms with Crippen LogP contribution in [0, 0.1) is 0 Å². The number of hydrogen-bond donors (Lipinski definition) is 1. The molecule has 1 heterocycles. The molecule has 0 radical (unpaired) electrons. The van der Waals surface area contributed by atoms with Crippen molar-refractivity contribution in [3.63, 3.8) is 0 Å². The molecule has 1 aromatic heterocycles. The Morgan fingerprint density at radius 2 is 2.24 bits per heavy atom. The van der Waals surface area contributed by atoms with Gasteiger partial charge in [-0.05, 0) is 12.1 Å². The predicted molar refractivity (Wildman–Crippen MR) is 70.2 cm³/mol. The van der Waals surface area contributed by atoms with Gasteiger partial charge < -0.3 is 10.5 Å².